The molecule has 0 radical (unpaired) electrons. The second-order valence-corrected chi connectivity index (χ2v) is 5.10. The fourth-order valence-electron chi connectivity index (χ4n) is 2.87. The summed E-state index contributed by atoms with van der Waals surface area (Å²) in [6, 6.07) is 9.31. The number of aromatic hydroxyl groups is 1. The Hall–Kier alpha value is -2.55. The molecule has 0 fully saturated rings. The first-order valence-corrected chi connectivity index (χ1v) is 6.58. The second kappa shape index (κ2) is 3.97. The zero-order chi connectivity index (χ0) is 13.7. The molecule has 98 valence electrons. The molecule has 0 saturated heterocycles. The molecule has 0 saturated carbocycles. The zero-order valence-corrected chi connectivity index (χ0v) is 10.7. The normalized spacial score (nSPS) is 16.9. The van der Waals surface area contributed by atoms with E-state index in [0.717, 1.165) is 27.7 Å². The van der Waals surface area contributed by atoms with Crippen molar-refractivity contribution in [1.82, 2.24) is 0 Å². The van der Waals surface area contributed by atoms with Gasteiger partial charge in [0.05, 0.1) is 0 Å². The lowest BCUT2D eigenvalue weighted by molar-refractivity contribution is -0.114. The fraction of sp³-hybridized carbons (Fsp3) is 0.118. The number of allylic oxidation sites excluding steroid dienone is 3. The summed E-state index contributed by atoms with van der Waals surface area (Å²) >= 11 is 0. The molecule has 0 spiro atoms. The minimum atomic E-state index is 0.0656. The van der Waals surface area contributed by atoms with Gasteiger partial charge in [0, 0.05) is 29.9 Å². The molecular formula is C17H12O3. The van der Waals surface area contributed by atoms with Gasteiger partial charge in [-0.15, -0.1) is 0 Å². The number of phenols is 1. The molecule has 0 aromatic heterocycles. The first-order valence-electron chi connectivity index (χ1n) is 6.58. The van der Waals surface area contributed by atoms with Crippen LogP contribution in [0.1, 0.15) is 12.0 Å². The number of phenolic OH excluding ortho intramolecular Hbond substituents is 1. The minimum absolute atomic E-state index is 0.0656. The third kappa shape index (κ3) is 1.56. The maximum Gasteiger partial charge on any atom is 0.163 e. The highest BCUT2D eigenvalue weighted by Crippen LogP contribution is 2.41. The van der Waals surface area contributed by atoms with Crippen molar-refractivity contribution in [2.75, 3.05) is 0 Å². The van der Waals surface area contributed by atoms with Crippen LogP contribution in [0.25, 0.3) is 10.8 Å². The van der Waals surface area contributed by atoms with Gasteiger partial charge in [-0.3, -0.25) is 4.79 Å². The summed E-state index contributed by atoms with van der Waals surface area (Å²) in [5.74, 6) is 1.69. The van der Waals surface area contributed by atoms with Gasteiger partial charge in [0.2, 0.25) is 0 Å². The SMILES string of the molecule is O=C1C=C2Oc3ccc4cccc(O)c4c3CC2=CC1. The Morgan fingerprint density at radius 3 is 2.95 bits per heavy atom. The van der Waals surface area contributed by atoms with E-state index in [1.54, 1.807) is 12.1 Å². The highest BCUT2D eigenvalue weighted by Gasteiger charge is 2.25. The summed E-state index contributed by atoms with van der Waals surface area (Å²) in [5.41, 5.74) is 2.01. The molecule has 2 aliphatic rings. The van der Waals surface area contributed by atoms with Crippen molar-refractivity contribution in [3.8, 4) is 11.5 Å². The third-order valence-electron chi connectivity index (χ3n) is 3.83. The number of ketones is 1. The Kier molecular flexibility index (Phi) is 2.24. The van der Waals surface area contributed by atoms with Crippen molar-refractivity contribution in [1.29, 1.82) is 0 Å². The van der Waals surface area contributed by atoms with Crippen LogP contribution >= 0.6 is 0 Å². The van der Waals surface area contributed by atoms with Crippen LogP contribution in [0.4, 0.5) is 0 Å². The maximum atomic E-state index is 11.5. The fourth-order valence-corrected chi connectivity index (χ4v) is 2.87. The van der Waals surface area contributed by atoms with Crippen LogP contribution in [-0.2, 0) is 11.2 Å². The van der Waals surface area contributed by atoms with E-state index < -0.39 is 0 Å². The van der Waals surface area contributed by atoms with E-state index in [9.17, 15) is 9.90 Å². The van der Waals surface area contributed by atoms with Gasteiger partial charge in [-0.05, 0) is 23.1 Å². The Balaban J connectivity index is 1.97. The number of benzene rings is 2. The van der Waals surface area contributed by atoms with Crippen molar-refractivity contribution in [2.24, 2.45) is 0 Å². The molecule has 20 heavy (non-hydrogen) atoms. The van der Waals surface area contributed by atoms with E-state index in [2.05, 4.69) is 0 Å². The van der Waals surface area contributed by atoms with Gasteiger partial charge in [0.25, 0.3) is 0 Å². The molecule has 1 aliphatic heterocycles. The smallest absolute Gasteiger partial charge is 0.163 e. The largest absolute Gasteiger partial charge is 0.507 e. The zero-order valence-electron chi connectivity index (χ0n) is 10.7. The molecule has 3 heteroatoms. The van der Waals surface area contributed by atoms with Gasteiger partial charge in [-0.1, -0.05) is 24.3 Å². The van der Waals surface area contributed by atoms with Gasteiger partial charge in [-0.25, -0.2) is 0 Å². The summed E-state index contributed by atoms with van der Waals surface area (Å²) in [6.07, 6.45) is 4.59. The van der Waals surface area contributed by atoms with E-state index in [1.807, 2.05) is 30.3 Å². The summed E-state index contributed by atoms with van der Waals surface area (Å²) in [4.78, 5) is 11.5. The van der Waals surface area contributed by atoms with E-state index in [1.165, 1.54) is 0 Å². The summed E-state index contributed by atoms with van der Waals surface area (Å²) in [6.45, 7) is 0. The topological polar surface area (TPSA) is 46.5 Å². The molecule has 0 amide bonds. The molecule has 0 atom stereocenters. The van der Waals surface area contributed by atoms with E-state index in [4.69, 9.17) is 4.74 Å². The highest BCUT2D eigenvalue weighted by molar-refractivity contribution is 5.96. The predicted molar refractivity (Wildman–Crippen MR) is 75.7 cm³/mol. The Labute approximate surface area is 115 Å². The van der Waals surface area contributed by atoms with Crippen LogP contribution in [0.2, 0.25) is 0 Å². The van der Waals surface area contributed by atoms with E-state index in [-0.39, 0.29) is 11.5 Å². The molecule has 3 nitrogen and oxygen atoms in total. The summed E-state index contributed by atoms with van der Waals surface area (Å²) in [7, 11) is 0. The molecule has 2 aromatic carbocycles. The van der Waals surface area contributed by atoms with Crippen LogP contribution < -0.4 is 4.74 Å². The van der Waals surface area contributed by atoms with Gasteiger partial charge in [-0.2, -0.15) is 0 Å². The minimum Gasteiger partial charge on any atom is -0.507 e. The first-order chi connectivity index (χ1) is 9.72. The van der Waals surface area contributed by atoms with Crippen molar-refractivity contribution in [2.45, 2.75) is 12.8 Å². The highest BCUT2D eigenvalue weighted by atomic mass is 16.5. The number of fused-ring (bicyclic) bond motifs is 4. The van der Waals surface area contributed by atoms with Crippen molar-refractivity contribution < 1.29 is 14.6 Å². The summed E-state index contributed by atoms with van der Waals surface area (Å²) < 4.78 is 5.83. The quantitative estimate of drug-likeness (QED) is 0.794. The van der Waals surface area contributed by atoms with Crippen molar-refractivity contribution in [3.05, 3.63) is 59.4 Å². The Morgan fingerprint density at radius 2 is 2.05 bits per heavy atom. The molecule has 1 aliphatic carbocycles. The Morgan fingerprint density at radius 1 is 1.15 bits per heavy atom. The van der Waals surface area contributed by atoms with E-state index >= 15 is 0 Å². The van der Waals surface area contributed by atoms with Crippen LogP contribution in [0, 0.1) is 0 Å². The predicted octanol–water partition coefficient (Wildman–Crippen LogP) is 3.26. The average molecular weight is 264 g/mol. The van der Waals surface area contributed by atoms with E-state index in [0.29, 0.717) is 18.6 Å². The van der Waals surface area contributed by atoms with Crippen LogP contribution in [-0.4, -0.2) is 10.9 Å². The number of carbonyl (C=O) groups is 1. The standard InChI is InChI=1S/C17H12O3/c18-12-6-4-11-8-13-15(20-16(11)9-12)7-5-10-2-1-3-14(19)17(10)13/h1-5,7,9,19H,6,8H2. The number of ether oxygens (including phenoxy) is 1. The lowest BCUT2D eigenvalue weighted by atomic mass is 9.91. The molecular weight excluding hydrogens is 252 g/mol. The maximum absolute atomic E-state index is 11.5. The molecule has 1 heterocycles. The van der Waals surface area contributed by atoms with Crippen LogP contribution in [0.3, 0.4) is 0 Å². The van der Waals surface area contributed by atoms with Crippen molar-refractivity contribution in [3.63, 3.8) is 0 Å². The molecule has 0 unspecified atom stereocenters. The number of hydrogen-bond donors (Lipinski definition) is 1. The molecule has 0 bridgehead atoms. The molecule has 2 aromatic rings. The average Bonchev–Trinajstić information content (AvgIpc) is 2.45. The second-order valence-electron chi connectivity index (χ2n) is 5.10. The molecule has 4 rings (SSSR count). The van der Waals surface area contributed by atoms with Gasteiger partial charge < -0.3 is 9.84 Å². The van der Waals surface area contributed by atoms with Gasteiger partial charge >= 0.3 is 0 Å². The lowest BCUT2D eigenvalue weighted by Crippen LogP contribution is -2.15. The third-order valence-corrected chi connectivity index (χ3v) is 3.83. The van der Waals surface area contributed by atoms with Gasteiger partial charge in [0.1, 0.15) is 17.3 Å². The molecule has 1 N–H and O–H groups in total. The number of carbonyl (C=O) groups excluding carboxylic acids is 1. The Bertz CT molecular complexity index is 812. The number of hydrogen-bond acceptors (Lipinski definition) is 3. The first kappa shape index (κ1) is 11.3. The number of rotatable bonds is 0. The summed E-state index contributed by atoms with van der Waals surface area (Å²) in [5, 5.41) is 11.9. The van der Waals surface area contributed by atoms with Gasteiger partial charge in [0.15, 0.2) is 5.78 Å². The van der Waals surface area contributed by atoms with Crippen LogP contribution in [0.5, 0.6) is 11.5 Å². The van der Waals surface area contributed by atoms with Crippen molar-refractivity contribution >= 4 is 16.6 Å². The monoisotopic (exact) mass is 264 g/mol. The van der Waals surface area contributed by atoms with Crippen LogP contribution in [0.15, 0.2) is 53.8 Å². The lowest BCUT2D eigenvalue weighted by Gasteiger charge is -2.25.